The quantitative estimate of drug-likeness (QED) is 0.463. The highest BCUT2D eigenvalue weighted by atomic mass is 19.4. The van der Waals surface area contributed by atoms with Crippen molar-refractivity contribution < 1.29 is 17.6 Å². The van der Waals surface area contributed by atoms with Gasteiger partial charge in [-0.2, -0.15) is 28.7 Å². The van der Waals surface area contributed by atoms with Crippen LogP contribution in [0.2, 0.25) is 0 Å². The van der Waals surface area contributed by atoms with Crippen LogP contribution in [0.25, 0.3) is 22.4 Å². The van der Waals surface area contributed by atoms with E-state index in [0.29, 0.717) is 17.5 Å². The molecule has 7 nitrogen and oxygen atoms in total. The van der Waals surface area contributed by atoms with E-state index >= 15 is 0 Å². The molecule has 0 spiro atoms. The Bertz CT molecular complexity index is 1460. The van der Waals surface area contributed by atoms with Crippen molar-refractivity contribution in [1.29, 1.82) is 10.5 Å². The molecule has 4 aromatic rings. The number of aromatic nitrogens is 4. The topological polar surface area (TPSA) is 117 Å². The number of hydrogen-bond acceptors (Lipinski definition) is 6. The Balaban J connectivity index is 1.90. The molecule has 0 aliphatic heterocycles. The van der Waals surface area contributed by atoms with Crippen LogP contribution in [0.15, 0.2) is 36.4 Å². The normalized spacial score (nSPS) is 11.4. The largest absolute Gasteiger partial charge is 0.419 e. The number of fused-ring (bicyclic) bond motifs is 1. The monoisotopic (exact) mass is 451 g/mol. The van der Waals surface area contributed by atoms with Crippen LogP contribution in [0, 0.1) is 35.4 Å². The smallest absolute Gasteiger partial charge is 0.368 e. The van der Waals surface area contributed by atoms with E-state index in [0.717, 1.165) is 6.07 Å². The lowest BCUT2D eigenvalue weighted by molar-refractivity contribution is -0.140. The van der Waals surface area contributed by atoms with E-state index < -0.39 is 17.6 Å². The van der Waals surface area contributed by atoms with E-state index in [4.69, 9.17) is 5.73 Å². The molecule has 4 rings (SSSR count). The molecule has 2 aromatic carbocycles. The van der Waals surface area contributed by atoms with Crippen molar-refractivity contribution >= 4 is 17.1 Å². The highest BCUT2D eigenvalue weighted by molar-refractivity contribution is 5.89. The second-order valence-electron chi connectivity index (χ2n) is 7.15. The summed E-state index contributed by atoms with van der Waals surface area (Å²) in [6.07, 6.45) is -4.84. The van der Waals surface area contributed by atoms with Crippen LogP contribution in [0.3, 0.4) is 0 Å². The van der Waals surface area contributed by atoms with Crippen molar-refractivity contribution in [2.75, 3.05) is 5.73 Å². The highest BCUT2D eigenvalue weighted by Gasteiger charge is 2.35. The first-order valence-corrected chi connectivity index (χ1v) is 9.43. The lowest BCUT2D eigenvalue weighted by atomic mass is 10.0. The molecule has 0 unspecified atom stereocenters. The summed E-state index contributed by atoms with van der Waals surface area (Å²) in [7, 11) is 0. The van der Waals surface area contributed by atoms with Crippen LogP contribution in [-0.4, -0.2) is 19.5 Å². The summed E-state index contributed by atoms with van der Waals surface area (Å²) in [4.78, 5) is 12.8. The van der Waals surface area contributed by atoms with Gasteiger partial charge in [0.15, 0.2) is 5.65 Å². The fourth-order valence-corrected chi connectivity index (χ4v) is 3.50. The summed E-state index contributed by atoms with van der Waals surface area (Å²) in [6.45, 7) is 1.30. The molecule has 0 bridgehead atoms. The van der Waals surface area contributed by atoms with Crippen molar-refractivity contribution in [1.82, 2.24) is 19.5 Å². The number of nitriles is 2. The summed E-state index contributed by atoms with van der Waals surface area (Å²) < 4.78 is 55.4. The Morgan fingerprint density at radius 1 is 1.03 bits per heavy atom. The van der Waals surface area contributed by atoms with Gasteiger partial charge in [-0.3, -0.25) is 0 Å². The number of benzene rings is 2. The lowest BCUT2D eigenvalue weighted by Gasteiger charge is -2.13. The number of anilines is 1. The summed E-state index contributed by atoms with van der Waals surface area (Å²) in [6, 6.07) is 11.4. The summed E-state index contributed by atoms with van der Waals surface area (Å²) in [5, 5.41) is 18.5. The third-order valence-electron chi connectivity index (χ3n) is 4.98. The minimum Gasteiger partial charge on any atom is -0.368 e. The predicted molar refractivity (Wildman–Crippen MR) is 110 cm³/mol. The number of hydrogen-bond donors (Lipinski definition) is 1. The van der Waals surface area contributed by atoms with E-state index in [1.807, 2.05) is 12.1 Å². The van der Waals surface area contributed by atoms with Crippen LogP contribution in [-0.2, 0) is 12.7 Å². The zero-order valence-corrected chi connectivity index (χ0v) is 16.9. The molecule has 0 amide bonds. The van der Waals surface area contributed by atoms with E-state index in [9.17, 15) is 28.1 Å². The molecule has 2 heterocycles. The number of nitrogens with zero attached hydrogens (tertiary/aromatic N) is 6. The number of halogens is 4. The Kier molecular flexibility index (Phi) is 5.18. The summed E-state index contributed by atoms with van der Waals surface area (Å²) in [5.41, 5.74) is 5.78. The van der Waals surface area contributed by atoms with Crippen molar-refractivity contribution in [2.24, 2.45) is 0 Å². The Hall–Kier alpha value is -4.51. The maximum Gasteiger partial charge on any atom is 0.419 e. The third kappa shape index (κ3) is 3.92. The van der Waals surface area contributed by atoms with Gasteiger partial charge in [-0.25, -0.2) is 14.4 Å². The van der Waals surface area contributed by atoms with Gasteiger partial charge in [-0.15, -0.1) is 0 Å². The number of alkyl halides is 3. The maximum atomic E-state index is 14.6. The zero-order valence-electron chi connectivity index (χ0n) is 16.9. The van der Waals surface area contributed by atoms with Gasteiger partial charge < -0.3 is 10.3 Å². The number of aryl methyl sites for hydroxylation is 1. The highest BCUT2D eigenvalue weighted by Crippen LogP contribution is 2.33. The van der Waals surface area contributed by atoms with Gasteiger partial charge in [0, 0.05) is 11.1 Å². The Morgan fingerprint density at radius 3 is 2.30 bits per heavy atom. The molecule has 0 radical (unpaired) electrons. The minimum absolute atomic E-state index is 0.163. The second-order valence-corrected chi connectivity index (χ2v) is 7.15. The van der Waals surface area contributed by atoms with Crippen LogP contribution in [0.5, 0.6) is 0 Å². The van der Waals surface area contributed by atoms with Crippen molar-refractivity contribution in [3.05, 3.63) is 70.3 Å². The van der Waals surface area contributed by atoms with Gasteiger partial charge in [0.2, 0.25) is 5.95 Å². The zero-order chi connectivity index (χ0) is 23.9. The predicted octanol–water partition coefficient (Wildman–Crippen LogP) is 4.33. The van der Waals surface area contributed by atoms with Crippen LogP contribution < -0.4 is 5.73 Å². The average molecular weight is 451 g/mol. The molecule has 2 aromatic heterocycles. The molecule has 11 heteroatoms. The minimum atomic E-state index is -4.84. The molecular weight excluding hydrogens is 438 g/mol. The van der Waals surface area contributed by atoms with Gasteiger partial charge in [0.05, 0.1) is 35.4 Å². The standard InChI is InChI=1S/C22H13F4N7/c1-11-30-19-18(15-6-12(8-27)5-13(7-15)9-28)31-21(29)32-20(19)33(11)10-14-3-2-4-16(17(14)23)22(24,25)26/h2-7H,10H2,1H3,(H2,29,31,32). The van der Waals surface area contributed by atoms with Crippen LogP contribution in [0.1, 0.15) is 28.1 Å². The number of nitrogen functional groups attached to an aromatic ring is 1. The lowest BCUT2D eigenvalue weighted by Crippen LogP contribution is -2.12. The molecule has 2 N–H and O–H groups in total. The molecule has 0 saturated carbocycles. The number of rotatable bonds is 3. The second kappa shape index (κ2) is 7.88. The first-order chi connectivity index (χ1) is 15.6. The Morgan fingerprint density at radius 2 is 1.70 bits per heavy atom. The number of imidazole rings is 1. The fourth-order valence-electron chi connectivity index (χ4n) is 3.50. The molecule has 0 aliphatic rings. The molecular formula is C22H13F4N7. The molecule has 0 fully saturated rings. The van der Waals surface area contributed by atoms with Gasteiger partial charge in [0.1, 0.15) is 22.9 Å². The van der Waals surface area contributed by atoms with E-state index in [2.05, 4.69) is 15.0 Å². The molecule has 0 saturated heterocycles. The van der Waals surface area contributed by atoms with E-state index in [1.165, 1.54) is 28.8 Å². The van der Waals surface area contributed by atoms with E-state index in [-0.39, 0.29) is 46.0 Å². The molecule has 0 atom stereocenters. The first kappa shape index (κ1) is 21.7. The fraction of sp³-hybridized carbons (Fsp3) is 0.136. The summed E-state index contributed by atoms with van der Waals surface area (Å²) in [5.74, 6) is -1.21. The SMILES string of the molecule is Cc1nc2c(-c3cc(C#N)cc(C#N)c3)nc(N)nc2n1Cc1cccc(C(F)(F)F)c1F. The number of nitrogens with two attached hydrogens (primary N) is 1. The first-order valence-electron chi connectivity index (χ1n) is 9.43. The summed E-state index contributed by atoms with van der Waals surface area (Å²) >= 11 is 0. The van der Waals surface area contributed by atoms with E-state index in [1.54, 1.807) is 6.92 Å². The van der Waals surface area contributed by atoms with Crippen LogP contribution in [0.4, 0.5) is 23.5 Å². The van der Waals surface area contributed by atoms with Crippen molar-refractivity contribution in [3.8, 4) is 23.4 Å². The van der Waals surface area contributed by atoms with Gasteiger partial charge >= 0.3 is 6.18 Å². The average Bonchev–Trinajstić information content (AvgIpc) is 3.08. The third-order valence-corrected chi connectivity index (χ3v) is 4.98. The molecule has 164 valence electrons. The van der Waals surface area contributed by atoms with Gasteiger partial charge in [-0.05, 0) is 31.2 Å². The van der Waals surface area contributed by atoms with Gasteiger partial charge in [-0.1, -0.05) is 12.1 Å². The van der Waals surface area contributed by atoms with Crippen molar-refractivity contribution in [3.63, 3.8) is 0 Å². The molecule has 33 heavy (non-hydrogen) atoms. The van der Waals surface area contributed by atoms with Gasteiger partial charge in [0.25, 0.3) is 0 Å². The molecule has 0 aliphatic carbocycles. The van der Waals surface area contributed by atoms with Crippen molar-refractivity contribution in [2.45, 2.75) is 19.6 Å². The Labute approximate surface area is 184 Å². The van der Waals surface area contributed by atoms with Crippen LogP contribution >= 0.6 is 0 Å². The maximum absolute atomic E-state index is 14.6.